The molecule has 3 aromatic carbocycles. The number of halogens is 2. The Balaban J connectivity index is 1.83. The molecule has 0 saturated carbocycles. The predicted octanol–water partition coefficient (Wildman–Crippen LogP) is 4.92. The molecule has 0 aromatic heterocycles. The Morgan fingerprint density at radius 2 is 1.80 bits per heavy atom. The van der Waals surface area contributed by atoms with Gasteiger partial charge < -0.3 is 4.74 Å². The molecule has 0 fully saturated rings. The van der Waals surface area contributed by atoms with Crippen molar-refractivity contribution in [3.8, 4) is 5.75 Å². The van der Waals surface area contributed by atoms with Gasteiger partial charge in [0.2, 0.25) is 0 Å². The van der Waals surface area contributed by atoms with E-state index >= 15 is 0 Å². The largest absolute Gasteiger partial charge is 0.496 e. The van der Waals surface area contributed by atoms with Gasteiger partial charge in [-0.3, -0.25) is 4.79 Å². The second-order valence-electron chi connectivity index (χ2n) is 5.26. The van der Waals surface area contributed by atoms with Gasteiger partial charge in [0.25, 0.3) is 5.91 Å². The van der Waals surface area contributed by atoms with Gasteiger partial charge in [-0.15, -0.1) is 0 Å². The fraction of sp³-hybridized carbons (Fsp3) is 0.0526. The minimum atomic E-state index is -0.371. The predicted molar refractivity (Wildman–Crippen MR) is 102 cm³/mol. The molecule has 0 spiro atoms. The fourth-order valence-electron chi connectivity index (χ4n) is 2.39. The van der Waals surface area contributed by atoms with E-state index in [1.165, 1.54) is 13.3 Å². The van der Waals surface area contributed by atoms with E-state index in [4.69, 9.17) is 27.9 Å². The summed E-state index contributed by atoms with van der Waals surface area (Å²) in [4.78, 5) is 12.4. The van der Waals surface area contributed by atoms with E-state index in [0.717, 1.165) is 10.8 Å². The lowest BCUT2D eigenvalue weighted by molar-refractivity contribution is 0.0952. The third-order valence-electron chi connectivity index (χ3n) is 3.64. The summed E-state index contributed by atoms with van der Waals surface area (Å²) in [5.74, 6) is 0.111. The third kappa shape index (κ3) is 3.92. The summed E-state index contributed by atoms with van der Waals surface area (Å²) >= 11 is 11.9. The van der Waals surface area contributed by atoms with Crippen molar-refractivity contribution in [3.05, 3.63) is 75.8 Å². The number of carbonyl (C=O) groups is 1. The maximum atomic E-state index is 12.4. The van der Waals surface area contributed by atoms with E-state index in [1.807, 2.05) is 30.3 Å². The molecule has 6 heteroatoms. The Bertz CT molecular complexity index is 971. The van der Waals surface area contributed by atoms with Crippen LogP contribution in [-0.2, 0) is 0 Å². The van der Waals surface area contributed by atoms with Crippen molar-refractivity contribution in [3.63, 3.8) is 0 Å². The van der Waals surface area contributed by atoms with Gasteiger partial charge >= 0.3 is 0 Å². The maximum Gasteiger partial charge on any atom is 0.275 e. The summed E-state index contributed by atoms with van der Waals surface area (Å²) < 4.78 is 5.32. The first kappa shape index (κ1) is 17.3. The van der Waals surface area contributed by atoms with Crippen molar-refractivity contribution < 1.29 is 9.53 Å². The van der Waals surface area contributed by atoms with E-state index in [1.54, 1.807) is 24.3 Å². The van der Waals surface area contributed by atoms with E-state index < -0.39 is 0 Å². The number of methoxy groups -OCH3 is 1. The van der Waals surface area contributed by atoms with E-state index in [2.05, 4.69) is 10.5 Å². The summed E-state index contributed by atoms with van der Waals surface area (Å²) in [6.07, 6.45) is 1.46. The number of ether oxygens (including phenoxy) is 1. The number of hydrogen-bond acceptors (Lipinski definition) is 3. The smallest absolute Gasteiger partial charge is 0.275 e. The summed E-state index contributed by atoms with van der Waals surface area (Å²) in [6, 6.07) is 16.4. The first-order valence-corrected chi connectivity index (χ1v) is 8.19. The Morgan fingerprint density at radius 3 is 2.48 bits per heavy atom. The van der Waals surface area contributed by atoms with Gasteiger partial charge in [-0.05, 0) is 35.0 Å². The van der Waals surface area contributed by atoms with Crippen molar-refractivity contribution in [2.45, 2.75) is 0 Å². The van der Waals surface area contributed by atoms with Crippen LogP contribution in [0.15, 0.2) is 59.7 Å². The normalized spacial score (nSPS) is 11.0. The molecule has 1 N–H and O–H groups in total. The molecule has 0 aliphatic heterocycles. The lowest BCUT2D eigenvalue weighted by Crippen LogP contribution is -2.18. The van der Waals surface area contributed by atoms with Gasteiger partial charge in [-0.25, -0.2) is 5.43 Å². The van der Waals surface area contributed by atoms with Crippen molar-refractivity contribution >= 4 is 46.1 Å². The first-order chi connectivity index (χ1) is 12.1. The average Bonchev–Trinajstić information content (AvgIpc) is 2.62. The van der Waals surface area contributed by atoms with E-state index in [-0.39, 0.29) is 5.91 Å². The number of amides is 1. The minimum Gasteiger partial charge on any atom is -0.496 e. The zero-order valence-corrected chi connectivity index (χ0v) is 14.8. The molecule has 25 heavy (non-hydrogen) atoms. The molecule has 0 aliphatic rings. The van der Waals surface area contributed by atoms with E-state index in [9.17, 15) is 4.79 Å². The Morgan fingerprint density at radius 1 is 1.08 bits per heavy atom. The zero-order chi connectivity index (χ0) is 17.8. The lowest BCUT2D eigenvalue weighted by Gasteiger charge is -2.09. The monoisotopic (exact) mass is 372 g/mol. The standard InChI is InChI=1S/C19H14Cl2N2O2/c1-25-18-9-13-5-3-2-4-12(13)8-16(18)19(24)23-22-11-14-6-7-15(20)10-17(14)21/h2-11H,1H3,(H,23,24). The minimum absolute atomic E-state index is 0.371. The van der Waals surface area contributed by atoms with Crippen LogP contribution in [0.2, 0.25) is 10.0 Å². The highest BCUT2D eigenvalue weighted by molar-refractivity contribution is 6.36. The quantitative estimate of drug-likeness (QED) is 0.521. The Labute approximate surface area is 155 Å². The SMILES string of the molecule is COc1cc2ccccc2cc1C(=O)NN=Cc1ccc(Cl)cc1Cl. The van der Waals surface area contributed by atoms with Crippen LogP contribution in [0, 0.1) is 0 Å². The Hall–Kier alpha value is -2.56. The highest BCUT2D eigenvalue weighted by atomic mass is 35.5. The van der Waals surface area contributed by atoms with Crippen molar-refractivity contribution in [2.75, 3.05) is 7.11 Å². The maximum absolute atomic E-state index is 12.4. The molecular weight excluding hydrogens is 359 g/mol. The molecule has 0 unspecified atom stereocenters. The number of fused-ring (bicyclic) bond motifs is 1. The van der Waals surface area contributed by atoms with Gasteiger partial charge in [-0.2, -0.15) is 5.10 Å². The van der Waals surface area contributed by atoms with Crippen LogP contribution in [-0.4, -0.2) is 19.2 Å². The topological polar surface area (TPSA) is 50.7 Å². The van der Waals surface area contributed by atoms with Crippen LogP contribution >= 0.6 is 23.2 Å². The molecule has 3 aromatic rings. The number of nitrogens with one attached hydrogen (secondary N) is 1. The van der Waals surface area contributed by atoms with Crippen LogP contribution in [0.5, 0.6) is 5.75 Å². The first-order valence-electron chi connectivity index (χ1n) is 7.44. The van der Waals surface area contributed by atoms with Crippen molar-refractivity contribution in [1.82, 2.24) is 5.43 Å². The molecular formula is C19H14Cl2N2O2. The summed E-state index contributed by atoms with van der Waals surface area (Å²) in [5.41, 5.74) is 3.54. The van der Waals surface area contributed by atoms with Crippen LogP contribution in [0.25, 0.3) is 10.8 Å². The van der Waals surface area contributed by atoms with Crippen LogP contribution < -0.4 is 10.2 Å². The highest BCUT2D eigenvalue weighted by Gasteiger charge is 2.13. The molecule has 0 bridgehead atoms. The Kier molecular flexibility index (Phi) is 5.22. The summed E-state index contributed by atoms with van der Waals surface area (Å²) in [5, 5.41) is 6.88. The third-order valence-corrected chi connectivity index (χ3v) is 4.21. The molecule has 4 nitrogen and oxygen atoms in total. The van der Waals surface area contributed by atoms with Crippen LogP contribution in [0.4, 0.5) is 0 Å². The highest BCUT2D eigenvalue weighted by Crippen LogP contribution is 2.26. The number of carbonyl (C=O) groups excluding carboxylic acids is 1. The van der Waals surface area contributed by atoms with Gasteiger partial charge in [-0.1, -0.05) is 53.5 Å². The van der Waals surface area contributed by atoms with Gasteiger partial charge in [0.1, 0.15) is 5.75 Å². The van der Waals surface area contributed by atoms with Gasteiger partial charge in [0, 0.05) is 10.6 Å². The molecule has 126 valence electrons. The average molecular weight is 373 g/mol. The number of hydrogen-bond donors (Lipinski definition) is 1. The number of rotatable bonds is 4. The molecule has 0 atom stereocenters. The summed E-state index contributed by atoms with van der Waals surface area (Å²) in [6.45, 7) is 0. The van der Waals surface area contributed by atoms with Crippen LogP contribution in [0.1, 0.15) is 15.9 Å². The second kappa shape index (κ2) is 7.55. The number of benzene rings is 3. The number of nitrogens with zero attached hydrogens (tertiary/aromatic N) is 1. The zero-order valence-electron chi connectivity index (χ0n) is 13.3. The molecule has 0 radical (unpaired) electrons. The number of hydrazone groups is 1. The molecule has 0 saturated heterocycles. The molecule has 1 amide bonds. The van der Waals surface area contributed by atoms with Crippen molar-refractivity contribution in [1.29, 1.82) is 0 Å². The molecule has 0 heterocycles. The van der Waals surface area contributed by atoms with Gasteiger partial charge in [0.05, 0.1) is 23.9 Å². The molecule has 3 rings (SSSR count). The lowest BCUT2D eigenvalue weighted by atomic mass is 10.1. The van der Waals surface area contributed by atoms with Gasteiger partial charge in [0.15, 0.2) is 0 Å². The van der Waals surface area contributed by atoms with Crippen LogP contribution in [0.3, 0.4) is 0 Å². The molecule has 0 aliphatic carbocycles. The van der Waals surface area contributed by atoms with E-state index in [0.29, 0.717) is 26.9 Å². The summed E-state index contributed by atoms with van der Waals surface area (Å²) in [7, 11) is 1.53. The second-order valence-corrected chi connectivity index (χ2v) is 6.11. The fourth-order valence-corrected chi connectivity index (χ4v) is 2.85. The van der Waals surface area contributed by atoms with Crippen molar-refractivity contribution in [2.24, 2.45) is 5.10 Å².